The van der Waals surface area contributed by atoms with Crippen LogP contribution in [-0.4, -0.2) is 65.3 Å². The quantitative estimate of drug-likeness (QED) is 0.517. The monoisotopic (exact) mass is 497 g/mol. The van der Waals surface area contributed by atoms with Gasteiger partial charge >= 0.3 is 0 Å². The molecule has 10 nitrogen and oxygen atoms in total. The molecule has 2 aromatic rings. The molecule has 3 rings (SSSR count). The van der Waals surface area contributed by atoms with E-state index in [9.17, 15) is 21.6 Å². The molecule has 0 aromatic heterocycles. The molecule has 1 fully saturated rings. The normalized spacial score (nSPS) is 19.7. The Hall–Kier alpha value is -2.51. The van der Waals surface area contributed by atoms with E-state index in [1.807, 2.05) is 10.8 Å². The number of carbonyl (C=O) groups excluding carboxylic acids is 1. The SMILES string of the molecule is COc1ccc(S(=O)(=O)N2CCN[C@H](C)[C@@H]2C(=O)NS(=O)(=O)COCc2ccccc2)cc1. The zero-order chi connectivity index (χ0) is 24.1. The maximum atomic E-state index is 13.2. The number of hydrogen-bond acceptors (Lipinski definition) is 8. The Labute approximate surface area is 194 Å². The van der Waals surface area contributed by atoms with Crippen molar-refractivity contribution in [3.63, 3.8) is 0 Å². The predicted molar refractivity (Wildman–Crippen MR) is 121 cm³/mol. The number of hydrogen-bond donors (Lipinski definition) is 2. The molecule has 33 heavy (non-hydrogen) atoms. The summed E-state index contributed by atoms with van der Waals surface area (Å²) in [6, 6.07) is 12.9. The lowest BCUT2D eigenvalue weighted by molar-refractivity contribution is -0.124. The second kappa shape index (κ2) is 10.6. The lowest BCUT2D eigenvalue weighted by Crippen LogP contribution is -2.64. The highest BCUT2D eigenvalue weighted by molar-refractivity contribution is 7.90. The second-order valence-electron chi connectivity index (χ2n) is 7.51. The summed E-state index contributed by atoms with van der Waals surface area (Å²) in [6.07, 6.45) is 0. The predicted octanol–water partition coefficient (Wildman–Crippen LogP) is 0.667. The molecule has 0 radical (unpaired) electrons. The molecule has 1 aliphatic rings. The lowest BCUT2D eigenvalue weighted by Gasteiger charge is -2.38. The van der Waals surface area contributed by atoms with Gasteiger partial charge in [-0.05, 0) is 36.8 Å². The second-order valence-corrected chi connectivity index (χ2v) is 11.1. The standard InChI is InChI=1S/C21H27N3O7S2/c1-16-20(21(25)23-32(26,27)15-31-14-17-6-4-3-5-7-17)24(13-12-22-16)33(28,29)19-10-8-18(30-2)9-11-19/h3-11,16,20,22H,12-15H2,1-2H3,(H,23,25)/t16-,20-/m1/s1. The number of amides is 1. The Morgan fingerprint density at radius 2 is 1.76 bits per heavy atom. The lowest BCUT2D eigenvalue weighted by atomic mass is 10.1. The number of ether oxygens (including phenoxy) is 2. The van der Waals surface area contributed by atoms with Crippen LogP contribution in [0.25, 0.3) is 0 Å². The van der Waals surface area contributed by atoms with E-state index in [0.29, 0.717) is 12.3 Å². The third-order valence-corrected chi connectivity index (χ3v) is 8.01. The summed E-state index contributed by atoms with van der Waals surface area (Å²) < 4.78 is 64.6. The summed E-state index contributed by atoms with van der Waals surface area (Å²) in [5, 5.41) is 3.02. The van der Waals surface area contributed by atoms with Crippen LogP contribution in [0.15, 0.2) is 59.5 Å². The topological polar surface area (TPSA) is 131 Å². The van der Waals surface area contributed by atoms with Crippen LogP contribution in [0, 0.1) is 0 Å². The van der Waals surface area contributed by atoms with Gasteiger partial charge in [-0.25, -0.2) is 21.6 Å². The van der Waals surface area contributed by atoms with Crippen LogP contribution in [0.2, 0.25) is 0 Å². The highest BCUT2D eigenvalue weighted by Gasteiger charge is 2.42. The molecule has 0 bridgehead atoms. The van der Waals surface area contributed by atoms with Crippen LogP contribution >= 0.6 is 0 Å². The van der Waals surface area contributed by atoms with Gasteiger partial charge in [-0.1, -0.05) is 30.3 Å². The molecule has 2 atom stereocenters. The van der Waals surface area contributed by atoms with Gasteiger partial charge in [-0.15, -0.1) is 0 Å². The van der Waals surface area contributed by atoms with Crippen LogP contribution in [0.5, 0.6) is 5.75 Å². The zero-order valence-electron chi connectivity index (χ0n) is 18.3. The summed E-state index contributed by atoms with van der Waals surface area (Å²) in [5.41, 5.74) is 0.779. The van der Waals surface area contributed by atoms with Crippen molar-refractivity contribution >= 4 is 26.0 Å². The average Bonchev–Trinajstić information content (AvgIpc) is 2.79. The molecule has 180 valence electrons. The van der Waals surface area contributed by atoms with E-state index in [-0.39, 0.29) is 18.0 Å². The highest BCUT2D eigenvalue weighted by atomic mass is 32.2. The number of piperazine rings is 1. The molecule has 1 amide bonds. The fraction of sp³-hybridized carbons (Fsp3) is 0.381. The summed E-state index contributed by atoms with van der Waals surface area (Å²) in [7, 11) is -6.76. The number of nitrogens with one attached hydrogen (secondary N) is 2. The first-order chi connectivity index (χ1) is 15.6. The van der Waals surface area contributed by atoms with Gasteiger partial charge in [-0.3, -0.25) is 4.79 Å². The van der Waals surface area contributed by atoms with Gasteiger partial charge in [0, 0.05) is 19.1 Å². The maximum absolute atomic E-state index is 13.2. The van der Waals surface area contributed by atoms with Crippen LogP contribution in [-0.2, 0) is 36.2 Å². The van der Waals surface area contributed by atoms with Crippen LogP contribution < -0.4 is 14.8 Å². The largest absolute Gasteiger partial charge is 0.497 e. The minimum absolute atomic E-state index is 0.00133. The smallest absolute Gasteiger partial charge is 0.259 e. The van der Waals surface area contributed by atoms with E-state index in [4.69, 9.17) is 9.47 Å². The molecule has 0 spiro atoms. The molecule has 0 unspecified atom stereocenters. The molecule has 1 heterocycles. The number of carbonyl (C=O) groups is 1. The molecule has 2 N–H and O–H groups in total. The van der Waals surface area contributed by atoms with Crippen molar-refractivity contribution in [2.75, 3.05) is 26.1 Å². The van der Waals surface area contributed by atoms with Gasteiger partial charge in [0.15, 0.2) is 5.94 Å². The minimum atomic E-state index is -4.15. The third-order valence-electron chi connectivity index (χ3n) is 5.12. The van der Waals surface area contributed by atoms with Gasteiger partial charge in [0.2, 0.25) is 10.0 Å². The van der Waals surface area contributed by atoms with Gasteiger partial charge in [-0.2, -0.15) is 4.31 Å². The van der Waals surface area contributed by atoms with Crippen molar-refractivity contribution in [3.05, 3.63) is 60.2 Å². The number of nitrogens with zero attached hydrogens (tertiary/aromatic N) is 1. The van der Waals surface area contributed by atoms with Crippen LogP contribution in [0.3, 0.4) is 0 Å². The summed E-state index contributed by atoms with van der Waals surface area (Å²) in [5.74, 6) is -1.21. The summed E-state index contributed by atoms with van der Waals surface area (Å²) >= 11 is 0. The molecule has 12 heteroatoms. The van der Waals surface area contributed by atoms with Crippen LogP contribution in [0.4, 0.5) is 0 Å². The average molecular weight is 498 g/mol. The summed E-state index contributed by atoms with van der Waals surface area (Å²) in [6.45, 7) is 1.99. The Bertz CT molecular complexity index is 1150. The minimum Gasteiger partial charge on any atom is -0.497 e. The fourth-order valence-electron chi connectivity index (χ4n) is 3.50. The fourth-order valence-corrected chi connectivity index (χ4v) is 5.95. The van der Waals surface area contributed by atoms with Crippen molar-refractivity contribution in [3.8, 4) is 5.75 Å². The van der Waals surface area contributed by atoms with Crippen molar-refractivity contribution in [1.29, 1.82) is 0 Å². The molecule has 1 aliphatic heterocycles. The van der Waals surface area contributed by atoms with Crippen LogP contribution in [0.1, 0.15) is 12.5 Å². The number of rotatable bonds is 9. The molecule has 0 saturated carbocycles. The Kier molecular flexibility index (Phi) is 8.08. The van der Waals surface area contributed by atoms with E-state index >= 15 is 0 Å². The first-order valence-electron chi connectivity index (χ1n) is 10.2. The van der Waals surface area contributed by atoms with Crippen molar-refractivity contribution in [2.24, 2.45) is 0 Å². The Balaban J connectivity index is 1.73. The molecular formula is C21H27N3O7S2. The molecule has 2 aromatic carbocycles. The van der Waals surface area contributed by atoms with E-state index in [1.165, 1.54) is 31.4 Å². The van der Waals surface area contributed by atoms with Crippen molar-refractivity contribution in [2.45, 2.75) is 30.5 Å². The molecule has 0 aliphatic carbocycles. The maximum Gasteiger partial charge on any atom is 0.259 e. The third kappa shape index (κ3) is 6.30. The number of methoxy groups -OCH3 is 1. The van der Waals surface area contributed by atoms with Crippen molar-refractivity contribution in [1.82, 2.24) is 14.3 Å². The zero-order valence-corrected chi connectivity index (χ0v) is 19.9. The number of sulfonamides is 2. The first kappa shape index (κ1) is 25.1. The molecule has 1 saturated heterocycles. The van der Waals surface area contributed by atoms with E-state index in [2.05, 4.69) is 5.32 Å². The van der Waals surface area contributed by atoms with Gasteiger partial charge in [0.05, 0.1) is 18.6 Å². The van der Waals surface area contributed by atoms with E-state index < -0.39 is 44.0 Å². The summed E-state index contributed by atoms with van der Waals surface area (Å²) in [4.78, 5) is 12.9. The van der Waals surface area contributed by atoms with Gasteiger partial charge < -0.3 is 14.8 Å². The Morgan fingerprint density at radius 1 is 1.09 bits per heavy atom. The van der Waals surface area contributed by atoms with E-state index in [1.54, 1.807) is 31.2 Å². The van der Waals surface area contributed by atoms with Gasteiger partial charge in [0.25, 0.3) is 15.9 Å². The first-order valence-corrected chi connectivity index (χ1v) is 13.3. The van der Waals surface area contributed by atoms with Crippen molar-refractivity contribution < 1.29 is 31.1 Å². The van der Waals surface area contributed by atoms with E-state index in [0.717, 1.165) is 9.87 Å². The Morgan fingerprint density at radius 3 is 2.39 bits per heavy atom. The molecular weight excluding hydrogens is 470 g/mol. The highest BCUT2D eigenvalue weighted by Crippen LogP contribution is 2.24. The number of benzene rings is 2. The van der Waals surface area contributed by atoms with Gasteiger partial charge in [0.1, 0.15) is 11.8 Å².